The van der Waals surface area contributed by atoms with E-state index in [0.717, 1.165) is 39.4 Å². The number of aryl methyl sites for hydroxylation is 2. The Morgan fingerprint density at radius 2 is 1.86 bits per heavy atom. The molecule has 0 spiro atoms. The number of anilines is 1. The number of fused-ring (bicyclic) bond motifs is 1. The molecule has 2 N–H and O–H groups in total. The van der Waals surface area contributed by atoms with Crippen molar-refractivity contribution in [2.45, 2.75) is 19.8 Å². The van der Waals surface area contributed by atoms with Gasteiger partial charge in [0.05, 0.1) is 23.8 Å². The number of ether oxygens (including phenoxy) is 1. The van der Waals surface area contributed by atoms with Gasteiger partial charge in [-0.15, -0.1) is 0 Å². The van der Waals surface area contributed by atoms with Crippen LogP contribution < -0.4 is 10.1 Å². The van der Waals surface area contributed by atoms with E-state index in [1.54, 1.807) is 7.11 Å². The summed E-state index contributed by atoms with van der Waals surface area (Å²) in [7, 11) is 1.64. The standard InChI is InChI=1S/C24H23N3O2/c1-16-7-13-21-22(15-16)27-24(26-21)19-5-3-4-6-20(19)25-23(28)14-10-17-8-11-18(29-2)12-9-17/h3-9,11-13,15H,10,14H2,1-2H3,(H,25,28)(H,26,27). The van der Waals surface area contributed by atoms with Gasteiger partial charge in [-0.3, -0.25) is 4.79 Å². The summed E-state index contributed by atoms with van der Waals surface area (Å²) < 4.78 is 5.17. The summed E-state index contributed by atoms with van der Waals surface area (Å²) in [5, 5.41) is 3.03. The highest BCUT2D eigenvalue weighted by Crippen LogP contribution is 2.28. The Balaban J connectivity index is 1.49. The maximum atomic E-state index is 12.5. The van der Waals surface area contributed by atoms with Crippen LogP contribution in [0.5, 0.6) is 5.75 Å². The van der Waals surface area contributed by atoms with Crippen molar-refractivity contribution >= 4 is 22.6 Å². The second-order valence-electron chi connectivity index (χ2n) is 7.05. The summed E-state index contributed by atoms with van der Waals surface area (Å²) in [5.41, 5.74) is 5.80. The van der Waals surface area contributed by atoms with E-state index < -0.39 is 0 Å². The van der Waals surface area contributed by atoms with Crippen LogP contribution in [0, 0.1) is 6.92 Å². The zero-order chi connectivity index (χ0) is 20.2. The summed E-state index contributed by atoms with van der Waals surface area (Å²) >= 11 is 0. The minimum absolute atomic E-state index is 0.0276. The number of para-hydroxylation sites is 1. The number of aromatic amines is 1. The van der Waals surface area contributed by atoms with Gasteiger partial charge in [-0.05, 0) is 60.9 Å². The van der Waals surface area contributed by atoms with Gasteiger partial charge in [-0.2, -0.15) is 0 Å². The fourth-order valence-electron chi connectivity index (χ4n) is 3.31. The van der Waals surface area contributed by atoms with Crippen LogP contribution in [0.2, 0.25) is 0 Å². The van der Waals surface area contributed by atoms with E-state index in [1.807, 2.05) is 60.7 Å². The van der Waals surface area contributed by atoms with Crippen molar-refractivity contribution in [1.82, 2.24) is 9.97 Å². The van der Waals surface area contributed by atoms with Crippen molar-refractivity contribution in [3.05, 3.63) is 77.9 Å². The molecule has 0 aliphatic carbocycles. The average Bonchev–Trinajstić information content (AvgIpc) is 3.16. The minimum Gasteiger partial charge on any atom is -0.497 e. The third-order valence-corrected chi connectivity index (χ3v) is 4.89. The van der Waals surface area contributed by atoms with Crippen LogP contribution in [-0.2, 0) is 11.2 Å². The first-order valence-corrected chi connectivity index (χ1v) is 9.61. The quantitative estimate of drug-likeness (QED) is 0.484. The van der Waals surface area contributed by atoms with Crippen LogP contribution in [-0.4, -0.2) is 23.0 Å². The first-order chi connectivity index (χ1) is 14.1. The predicted molar refractivity (Wildman–Crippen MR) is 116 cm³/mol. The molecule has 0 saturated heterocycles. The second-order valence-corrected chi connectivity index (χ2v) is 7.05. The number of carbonyl (C=O) groups excluding carboxylic acids is 1. The van der Waals surface area contributed by atoms with Crippen molar-refractivity contribution < 1.29 is 9.53 Å². The van der Waals surface area contributed by atoms with Crippen molar-refractivity contribution in [1.29, 1.82) is 0 Å². The first kappa shape index (κ1) is 18.7. The van der Waals surface area contributed by atoms with Crippen LogP contribution in [0.25, 0.3) is 22.4 Å². The van der Waals surface area contributed by atoms with Crippen LogP contribution in [0.1, 0.15) is 17.5 Å². The Morgan fingerprint density at radius 3 is 2.66 bits per heavy atom. The summed E-state index contributed by atoms with van der Waals surface area (Å²) in [6.07, 6.45) is 1.07. The highest BCUT2D eigenvalue weighted by Gasteiger charge is 2.12. The number of aromatic nitrogens is 2. The Morgan fingerprint density at radius 1 is 1.07 bits per heavy atom. The molecule has 4 rings (SSSR count). The highest BCUT2D eigenvalue weighted by molar-refractivity contribution is 5.95. The molecule has 29 heavy (non-hydrogen) atoms. The number of rotatable bonds is 6. The zero-order valence-electron chi connectivity index (χ0n) is 16.5. The van der Waals surface area contributed by atoms with Gasteiger partial charge in [0.25, 0.3) is 0 Å². The van der Waals surface area contributed by atoms with E-state index >= 15 is 0 Å². The van der Waals surface area contributed by atoms with Gasteiger partial charge in [0.1, 0.15) is 11.6 Å². The number of nitrogens with one attached hydrogen (secondary N) is 2. The highest BCUT2D eigenvalue weighted by atomic mass is 16.5. The third kappa shape index (κ3) is 4.29. The molecule has 4 aromatic rings. The van der Waals surface area contributed by atoms with Gasteiger partial charge in [-0.25, -0.2) is 4.98 Å². The van der Waals surface area contributed by atoms with Crippen LogP contribution in [0.15, 0.2) is 66.7 Å². The lowest BCUT2D eigenvalue weighted by atomic mass is 10.1. The molecule has 1 amide bonds. The number of hydrogen-bond acceptors (Lipinski definition) is 3. The lowest BCUT2D eigenvalue weighted by molar-refractivity contribution is -0.116. The number of nitrogens with zero attached hydrogens (tertiary/aromatic N) is 1. The molecular formula is C24H23N3O2. The molecule has 0 fully saturated rings. The molecule has 0 aliphatic heterocycles. The fourth-order valence-corrected chi connectivity index (χ4v) is 3.31. The number of benzene rings is 3. The van der Waals surface area contributed by atoms with Crippen molar-refractivity contribution in [2.24, 2.45) is 0 Å². The molecule has 1 heterocycles. The molecule has 5 heteroatoms. The van der Waals surface area contributed by atoms with Crippen molar-refractivity contribution in [3.8, 4) is 17.1 Å². The Labute approximate surface area is 169 Å². The molecule has 146 valence electrons. The van der Waals surface area contributed by atoms with E-state index in [1.165, 1.54) is 5.56 Å². The Hall–Kier alpha value is -3.60. The van der Waals surface area contributed by atoms with Crippen LogP contribution >= 0.6 is 0 Å². The van der Waals surface area contributed by atoms with E-state index in [4.69, 9.17) is 4.74 Å². The zero-order valence-corrected chi connectivity index (χ0v) is 16.5. The van der Waals surface area contributed by atoms with E-state index in [9.17, 15) is 4.79 Å². The van der Waals surface area contributed by atoms with Gasteiger partial charge in [0.15, 0.2) is 0 Å². The largest absolute Gasteiger partial charge is 0.497 e. The van der Waals surface area contributed by atoms with Crippen molar-refractivity contribution in [3.63, 3.8) is 0 Å². The maximum absolute atomic E-state index is 12.5. The number of amides is 1. The summed E-state index contributed by atoms with van der Waals surface area (Å²) in [4.78, 5) is 20.6. The molecule has 0 unspecified atom stereocenters. The molecule has 0 bridgehead atoms. The smallest absolute Gasteiger partial charge is 0.224 e. The molecule has 3 aromatic carbocycles. The molecule has 0 saturated carbocycles. The number of hydrogen-bond donors (Lipinski definition) is 2. The summed E-state index contributed by atoms with van der Waals surface area (Å²) in [6.45, 7) is 2.05. The van der Waals surface area contributed by atoms with Gasteiger partial charge in [-0.1, -0.05) is 30.3 Å². The number of imidazole rings is 1. The molecule has 0 atom stereocenters. The molecular weight excluding hydrogens is 362 g/mol. The van der Waals surface area contributed by atoms with E-state index in [0.29, 0.717) is 12.8 Å². The topological polar surface area (TPSA) is 67.0 Å². The average molecular weight is 385 g/mol. The van der Waals surface area contributed by atoms with Crippen LogP contribution in [0.4, 0.5) is 5.69 Å². The van der Waals surface area contributed by atoms with E-state index in [2.05, 4.69) is 28.3 Å². The minimum atomic E-state index is -0.0276. The SMILES string of the molecule is COc1ccc(CCC(=O)Nc2ccccc2-c2nc3ccc(C)cc3[nH]2)cc1. The predicted octanol–water partition coefficient (Wildman–Crippen LogP) is 5.12. The summed E-state index contributed by atoms with van der Waals surface area (Å²) in [6, 6.07) is 21.6. The normalized spacial score (nSPS) is 10.8. The Kier molecular flexibility index (Phi) is 5.29. The van der Waals surface area contributed by atoms with Gasteiger partial charge >= 0.3 is 0 Å². The molecule has 5 nitrogen and oxygen atoms in total. The van der Waals surface area contributed by atoms with E-state index in [-0.39, 0.29) is 5.91 Å². The lowest BCUT2D eigenvalue weighted by Crippen LogP contribution is -2.13. The lowest BCUT2D eigenvalue weighted by Gasteiger charge is -2.10. The monoisotopic (exact) mass is 385 g/mol. The third-order valence-electron chi connectivity index (χ3n) is 4.89. The van der Waals surface area contributed by atoms with Gasteiger partial charge < -0.3 is 15.0 Å². The maximum Gasteiger partial charge on any atom is 0.224 e. The molecule has 0 aliphatic rings. The molecule has 1 aromatic heterocycles. The number of carbonyl (C=O) groups is 1. The van der Waals surface area contributed by atoms with Gasteiger partial charge in [0, 0.05) is 12.0 Å². The fraction of sp³-hybridized carbons (Fsp3) is 0.167. The second kappa shape index (κ2) is 8.19. The number of methoxy groups -OCH3 is 1. The summed E-state index contributed by atoms with van der Waals surface area (Å²) in [5.74, 6) is 1.53. The van der Waals surface area contributed by atoms with Crippen LogP contribution in [0.3, 0.4) is 0 Å². The van der Waals surface area contributed by atoms with Crippen molar-refractivity contribution in [2.75, 3.05) is 12.4 Å². The first-order valence-electron chi connectivity index (χ1n) is 9.61. The number of H-pyrrole nitrogens is 1. The Bertz CT molecular complexity index is 1150. The van der Waals surface area contributed by atoms with Gasteiger partial charge in [0.2, 0.25) is 5.91 Å². The molecule has 0 radical (unpaired) electrons.